The number of nitriles is 1. The third-order valence-electron chi connectivity index (χ3n) is 2.64. The largest absolute Gasteiger partial charge is 1.00 e. The molecule has 1 heterocycles. The molecule has 5 nitrogen and oxygen atoms in total. The smallest absolute Gasteiger partial charge is 0.761 e. The molecule has 0 fully saturated rings. The molecular formula is C13H9ClN3NaO2S. The van der Waals surface area contributed by atoms with Gasteiger partial charge in [-0.1, -0.05) is 28.8 Å². The third kappa shape index (κ3) is 3.70. The van der Waals surface area contributed by atoms with E-state index in [0.29, 0.717) is 10.7 Å². The molecule has 8 heteroatoms. The molecule has 2 aromatic rings. The van der Waals surface area contributed by atoms with Gasteiger partial charge in [-0.05, 0) is 6.07 Å². The van der Waals surface area contributed by atoms with Gasteiger partial charge in [0, 0.05) is 11.6 Å². The van der Waals surface area contributed by atoms with Crippen LogP contribution in [0.3, 0.4) is 0 Å². The summed E-state index contributed by atoms with van der Waals surface area (Å²) in [6.07, 6.45) is 1.65. The van der Waals surface area contributed by atoms with Gasteiger partial charge in [0.15, 0.2) is 0 Å². The van der Waals surface area contributed by atoms with Gasteiger partial charge in [-0.25, -0.2) is 4.79 Å². The van der Waals surface area contributed by atoms with Crippen LogP contribution in [0.5, 0.6) is 0 Å². The van der Waals surface area contributed by atoms with E-state index in [4.69, 9.17) is 29.5 Å². The number of carbonyl (C=O) groups is 1. The maximum absolute atomic E-state index is 11.4. The summed E-state index contributed by atoms with van der Waals surface area (Å²) in [5.74, 6) is -0.776. The SMILES string of the molecule is COC(=O)/C(C#N)=C(/[S-])Nc1cccc2c(Cl)c[nH]c12.[Na+]. The Morgan fingerprint density at radius 3 is 2.86 bits per heavy atom. The number of benzene rings is 1. The number of aromatic nitrogens is 1. The van der Waals surface area contributed by atoms with Crippen LogP contribution in [-0.4, -0.2) is 18.1 Å². The van der Waals surface area contributed by atoms with Gasteiger partial charge in [0.25, 0.3) is 0 Å². The average Bonchev–Trinajstić information content (AvgIpc) is 2.82. The van der Waals surface area contributed by atoms with E-state index >= 15 is 0 Å². The van der Waals surface area contributed by atoms with Crippen molar-refractivity contribution in [3.63, 3.8) is 0 Å². The van der Waals surface area contributed by atoms with Gasteiger partial charge in [-0.15, -0.1) is 0 Å². The van der Waals surface area contributed by atoms with Crippen molar-refractivity contribution in [1.29, 1.82) is 5.26 Å². The van der Waals surface area contributed by atoms with Crippen LogP contribution in [0.15, 0.2) is 35.0 Å². The van der Waals surface area contributed by atoms with Crippen LogP contribution in [0.25, 0.3) is 10.9 Å². The molecule has 0 aliphatic rings. The molecule has 0 radical (unpaired) electrons. The molecule has 1 aromatic heterocycles. The second-order valence-electron chi connectivity index (χ2n) is 3.80. The summed E-state index contributed by atoms with van der Waals surface area (Å²) in [5.41, 5.74) is 1.11. The quantitative estimate of drug-likeness (QED) is 0.266. The number of hydrogen-bond acceptors (Lipinski definition) is 5. The van der Waals surface area contributed by atoms with Crippen molar-refractivity contribution in [2.45, 2.75) is 0 Å². The number of esters is 1. The molecule has 21 heavy (non-hydrogen) atoms. The number of para-hydroxylation sites is 1. The fourth-order valence-electron chi connectivity index (χ4n) is 1.70. The number of rotatable bonds is 3. The van der Waals surface area contributed by atoms with Gasteiger partial charge in [0.1, 0.15) is 11.6 Å². The molecule has 0 aliphatic carbocycles. The normalized spacial score (nSPS) is 11.1. The van der Waals surface area contributed by atoms with Gasteiger partial charge in [0.2, 0.25) is 0 Å². The molecular weight excluding hydrogens is 321 g/mol. The molecule has 2 rings (SSSR count). The van der Waals surface area contributed by atoms with Gasteiger partial charge in [-0.2, -0.15) is 5.26 Å². The van der Waals surface area contributed by atoms with E-state index in [2.05, 4.69) is 15.0 Å². The molecule has 0 atom stereocenters. The maximum Gasteiger partial charge on any atom is 1.00 e. The molecule has 0 bridgehead atoms. The van der Waals surface area contributed by atoms with Crippen LogP contribution < -0.4 is 34.9 Å². The van der Waals surface area contributed by atoms with E-state index in [1.165, 1.54) is 7.11 Å². The summed E-state index contributed by atoms with van der Waals surface area (Å²) in [4.78, 5) is 14.4. The average molecular weight is 330 g/mol. The monoisotopic (exact) mass is 329 g/mol. The molecule has 1 aromatic carbocycles. The van der Waals surface area contributed by atoms with Crippen molar-refractivity contribution < 1.29 is 39.1 Å². The van der Waals surface area contributed by atoms with E-state index in [1.54, 1.807) is 24.4 Å². The fraction of sp³-hybridized carbons (Fsp3) is 0.0769. The van der Waals surface area contributed by atoms with Gasteiger partial charge >= 0.3 is 35.5 Å². The Balaban J connectivity index is 0.00000220. The summed E-state index contributed by atoms with van der Waals surface area (Å²) < 4.78 is 4.50. The van der Waals surface area contributed by atoms with Crippen molar-refractivity contribution in [2.75, 3.05) is 12.4 Å². The number of methoxy groups -OCH3 is 1. The van der Waals surface area contributed by atoms with Crippen molar-refractivity contribution in [1.82, 2.24) is 4.98 Å². The van der Waals surface area contributed by atoms with E-state index in [9.17, 15) is 4.79 Å². The summed E-state index contributed by atoms with van der Waals surface area (Å²) in [5, 5.41) is 13.2. The number of halogens is 1. The van der Waals surface area contributed by atoms with Gasteiger partial charge in [-0.3, -0.25) is 0 Å². The number of carbonyl (C=O) groups excluding carboxylic acids is 1. The summed E-state index contributed by atoms with van der Waals surface area (Å²) in [6.45, 7) is 0. The van der Waals surface area contributed by atoms with Gasteiger partial charge < -0.3 is 27.7 Å². The molecule has 0 amide bonds. The minimum atomic E-state index is -0.776. The predicted molar refractivity (Wildman–Crippen MR) is 79.0 cm³/mol. The number of fused-ring (bicyclic) bond motifs is 1. The second-order valence-corrected chi connectivity index (χ2v) is 4.61. The zero-order chi connectivity index (χ0) is 14.7. The van der Waals surface area contributed by atoms with Crippen molar-refractivity contribution >= 4 is 46.8 Å². The van der Waals surface area contributed by atoms with E-state index in [1.807, 2.05) is 6.07 Å². The first kappa shape index (κ1) is 17.8. The number of hydrogen-bond donors (Lipinski definition) is 2. The number of nitrogens with zero attached hydrogens (tertiary/aromatic N) is 1. The van der Waals surface area contributed by atoms with Crippen molar-refractivity contribution in [3.05, 3.63) is 40.0 Å². The summed E-state index contributed by atoms with van der Waals surface area (Å²) in [7, 11) is 1.19. The zero-order valence-electron chi connectivity index (χ0n) is 11.4. The molecule has 0 aliphatic heterocycles. The number of aromatic amines is 1. The van der Waals surface area contributed by atoms with E-state index in [-0.39, 0.29) is 40.2 Å². The van der Waals surface area contributed by atoms with Crippen LogP contribution in [0, 0.1) is 11.3 Å². The number of nitrogens with one attached hydrogen (secondary N) is 2. The van der Waals surface area contributed by atoms with Crippen molar-refractivity contribution in [3.8, 4) is 6.07 Å². The minimum absolute atomic E-state index is 0. The first-order valence-electron chi connectivity index (χ1n) is 5.50. The first-order chi connectivity index (χ1) is 9.58. The van der Waals surface area contributed by atoms with Crippen LogP contribution in [0.4, 0.5) is 5.69 Å². The zero-order valence-corrected chi connectivity index (χ0v) is 14.9. The molecule has 2 N–H and O–H groups in total. The van der Waals surface area contributed by atoms with Crippen LogP contribution >= 0.6 is 11.6 Å². The minimum Gasteiger partial charge on any atom is -0.761 e. The van der Waals surface area contributed by atoms with Crippen molar-refractivity contribution in [2.24, 2.45) is 0 Å². The maximum atomic E-state index is 11.4. The van der Waals surface area contributed by atoms with Crippen LogP contribution in [0.2, 0.25) is 5.02 Å². The summed E-state index contributed by atoms with van der Waals surface area (Å²) >= 11 is 11.1. The molecule has 102 valence electrons. The number of anilines is 1. The Morgan fingerprint density at radius 2 is 2.24 bits per heavy atom. The Kier molecular flexibility index (Phi) is 6.52. The Bertz CT molecular complexity index is 751. The Morgan fingerprint density at radius 1 is 1.52 bits per heavy atom. The molecule has 0 saturated heterocycles. The second kappa shape index (κ2) is 7.69. The molecule has 0 unspecified atom stereocenters. The van der Waals surface area contributed by atoms with E-state index in [0.717, 1.165) is 10.9 Å². The first-order valence-corrected chi connectivity index (χ1v) is 6.29. The number of ether oxygens (including phenoxy) is 1. The topological polar surface area (TPSA) is 77.9 Å². The molecule has 0 spiro atoms. The third-order valence-corrected chi connectivity index (χ3v) is 3.26. The fourth-order valence-corrected chi connectivity index (χ4v) is 2.15. The van der Waals surface area contributed by atoms with E-state index < -0.39 is 5.97 Å². The van der Waals surface area contributed by atoms with Crippen LogP contribution in [-0.2, 0) is 22.2 Å². The molecule has 0 saturated carbocycles. The predicted octanol–water partition coefficient (Wildman–Crippen LogP) is -0.308. The number of H-pyrrole nitrogens is 1. The standard InChI is InChI=1S/C13H10ClN3O2S.Na/c1-19-13(18)8(5-15)12(20)17-10-4-2-3-7-9(14)6-16-11(7)10;/h2-4,6,16-17,20H,1H3;/q;+1/p-1/b12-8+;. The van der Waals surface area contributed by atoms with Crippen LogP contribution in [0.1, 0.15) is 0 Å². The Hall–Kier alpha value is -1.23. The summed E-state index contributed by atoms with van der Waals surface area (Å²) in [6, 6.07) is 7.12. The Labute approximate surface area is 154 Å². The van der Waals surface area contributed by atoms with Gasteiger partial charge in [0.05, 0.1) is 23.3 Å².